The Labute approximate surface area is 376 Å². The molecule has 4 heterocycles. The molecular formula is C43H42F6N8O10. The Bertz CT molecular complexity index is 2860. The van der Waals surface area contributed by atoms with Gasteiger partial charge >= 0.3 is 42.6 Å². The van der Waals surface area contributed by atoms with E-state index in [1.54, 1.807) is 80.5 Å². The SMILES string of the molecule is CC(C)(C)OC(=O)N(C(=O)OC(C)(C)C)c1ncc(-n2ncc(C(=O)O)c2C(F)(F)F)c2ccccc12.CC(C)(C)OC(=O)Nc1ncc(-n2ncc(C(=O)O)c2C(F)(F)F)c2ccccc12. The van der Waals surface area contributed by atoms with E-state index in [9.17, 15) is 55.4 Å². The number of imide groups is 1. The highest BCUT2D eigenvalue weighted by Gasteiger charge is 2.43. The summed E-state index contributed by atoms with van der Waals surface area (Å²) in [6.07, 6.45) is -9.81. The second kappa shape index (κ2) is 18.2. The maximum absolute atomic E-state index is 13.8. The molecule has 18 nitrogen and oxygen atoms in total. The first-order valence-corrected chi connectivity index (χ1v) is 19.6. The fourth-order valence-electron chi connectivity index (χ4n) is 6.14. The van der Waals surface area contributed by atoms with Gasteiger partial charge in [0.15, 0.2) is 17.2 Å². The number of rotatable bonds is 6. The number of nitrogens with zero attached hydrogens (tertiary/aromatic N) is 7. The van der Waals surface area contributed by atoms with Gasteiger partial charge in [0, 0.05) is 21.5 Å². The Morgan fingerprint density at radius 3 is 1.31 bits per heavy atom. The lowest BCUT2D eigenvalue weighted by atomic mass is 10.1. The summed E-state index contributed by atoms with van der Waals surface area (Å²) < 4.78 is 99.1. The van der Waals surface area contributed by atoms with Crippen LogP contribution in [0.2, 0.25) is 0 Å². The molecule has 356 valence electrons. The van der Waals surface area contributed by atoms with Gasteiger partial charge in [-0.15, -0.1) is 0 Å². The Balaban J connectivity index is 0.000000256. The smallest absolute Gasteiger partial charge is 0.434 e. The van der Waals surface area contributed by atoms with Gasteiger partial charge < -0.3 is 24.4 Å². The number of alkyl halides is 6. The van der Waals surface area contributed by atoms with Crippen LogP contribution in [0, 0.1) is 0 Å². The molecule has 0 fully saturated rings. The summed E-state index contributed by atoms with van der Waals surface area (Å²) in [5, 5.41) is 28.9. The number of aromatic nitrogens is 6. The maximum atomic E-state index is 13.8. The molecule has 0 bridgehead atoms. The maximum Gasteiger partial charge on any atom is 0.434 e. The van der Waals surface area contributed by atoms with Crippen molar-refractivity contribution in [1.82, 2.24) is 29.5 Å². The van der Waals surface area contributed by atoms with Crippen molar-refractivity contribution in [1.29, 1.82) is 0 Å². The fourth-order valence-corrected chi connectivity index (χ4v) is 6.14. The molecular weight excluding hydrogens is 903 g/mol. The van der Waals surface area contributed by atoms with Crippen LogP contribution in [-0.2, 0) is 26.6 Å². The van der Waals surface area contributed by atoms with Gasteiger partial charge in [-0.1, -0.05) is 48.5 Å². The van der Waals surface area contributed by atoms with Crippen molar-refractivity contribution >= 4 is 63.4 Å². The van der Waals surface area contributed by atoms with Crippen molar-refractivity contribution < 1.29 is 74.7 Å². The number of amides is 3. The number of hydrogen-bond acceptors (Lipinski definition) is 12. The normalized spacial score (nSPS) is 12.2. The summed E-state index contributed by atoms with van der Waals surface area (Å²) in [7, 11) is 0. The molecule has 4 aromatic heterocycles. The Morgan fingerprint density at radius 1 is 0.552 bits per heavy atom. The average molecular weight is 945 g/mol. The van der Waals surface area contributed by atoms with Crippen LogP contribution >= 0.6 is 0 Å². The number of carbonyl (C=O) groups is 5. The zero-order valence-corrected chi connectivity index (χ0v) is 37.0. The van der Waals surface area contributed by atoms with E-state index < -0.39 is 81.9 Å². The predicted molar refractivity (Wildman–Crippen MR) is 226 cm³/mol. The van der Waals surface area contributed by atoms with Gasteiger partial charge in [-0.05, 0) is 62.3 Å². The zero-order valence-electron chi connectivity index (χ0n) is 37.0. The molecule has 0 aliphatic heterocycles. The Morgan fingerprint density at radius 2 is 0.925 bits per heavy atom. The molecule has 24 heteroatoms. The Hall–Kier alpha value is -7.79. The third-order valence-electron chi connectivity index (χ3n) is 8.50. The van der Waals surface area contributed by atoms with Gasteiger partial charge in [0.1, 0.15) is 33.7 Å². The van der Waals surface area contributed by atoms with Crippen molar-refractivity contribution in [2.24, 2.45) is 0 Å². The number of carboxylic acid groups (broad SMARTS) is 2. The van der Waals surface area contributed by atoms with Crippen LogP contribution in [0.15, 0.2) is 73.3 Å². The van der Waals surface area contributed by atoms with E-state index in [-0.39, 0.29) is 39.2 Å². The summed E-state index contributed by atoms with van der Waals surface area (Å²) in [6, 6.07) is 12.1. The number of aromatic carboxylic acids is 2. The van der Waals surface area contributed by atoms with Crippen molar-refractivity contribution in [3.63, 3.8) is 0 Å². The number of fused-ring (bicyclic) bond motifs is 2. The molecule has 0 saturated carbocycles. The molecule has 0 atom stereocenters. The van der Waals surface area contributed by atoms with Gasteiger partial charge in [-0.25, -0.2) is 43.3 Å². The van der Waals surface area contributed by atoms with Crippen molar-refractivity contribution in [2.45, 2.75) is 91.5 Å². The molecule has 0 unspecified atom stereocenters. The number of halogens is 6. The molecule has 0 saturated heterocycles. The lowest BCUT2D eigenvalue weighted by Gasteiger charge is -2.28. The lowest BCUT2D eigenvalue weighted by Crippen LogP contribution is -2.44. The van der Waals surface area contributed by atoms with Gasteiger partial charge in [-0.2, -0.15) is 41.4 Å². The van der Waals surface area contributed by atoms with Gasteiger partial charge in [-0.3, -0.25) is 5.32 Å². The highest BCUT2D eigenvalue weighted by molar-refractivity contribution is 6.14. The van der Waals surface area contributed by atoms with Crippen LogP contribution in [0.1, 0.15) is 94.4 Å². The minimum absolute atomic E-state index is 0.0720. The second-order valence-corrected chi connectivity index (χ2v) is 17.2. The number of carbonyl (C=O) groups excluding carboxylic acids is 3. The average Bonchev–Trinajstić information content (AvgIpc) is 3.83. The van der Waals surface area contributed by atoms with E-state index in [0.29, 0.717) is 32.0 Å². The third-order valence-corrected chi connectivity index (χ3v) is 8.50. The molecule has 0 spiro atoms. The topological polar surface area (TPSA) is 230 Å². The number of hydrogen-bond donors (Lipinski definition) is 3. The quantitative estimate of drug-likeness (QED) is 0.104. The van der Waals surface area contributed by atoms with Gasteiger partial charge in [0.25, 0.3) is 0 Å². The van der Waals surface area contributed by atoms with E-state index in [1.807, 2.05) is 0 Å². The van der Waals surface area contributed by atoms with E-state index in [1.165, 1.54) is 30.3 Å². The van der Waals surface area contributed by atoms with E-state index in [2.05, 4.69) is 25.5 Å². The van der Waals surface area contributed by atoms with Crippen LogP contribution in [-0.4, -0.2) is 86.8 Å². The molecule has 0 aliphatic rings. The van der Waals surface area contributed by atoms with Crippen molar-refractivity contribution in [2.75, 3.05) is 10.2 Å². The third kappa shape index (κ3) is 11.7. The van der Waals surface area contributed by atoms with Gasteiger partial charge in [0.2, 0.25) is 0 Å². The summed E-state index contributed by atoms with van der Waals surface area (Å²) in [4.78, 5) is 69.6. The minimum atomic E-state index is -5.07. The zero-order chi connectivity index (χ0) is 50.2. The monoisotopic (exact) mass is 944 g/mol. The molecule has 67 heavy (non-hydrogen) atoms. The summed E-state index contributed by atoms with van der Waals surface area (Å²) in [6.45, 7) is 14.6. The van der Waals surface area contributed by atoms with E-state index in [0.717, 1.165) is 12.4 Å². The summed E-state index contributed by atoms with van der Waals surface area (Å²) in [5.74, 6) is -3.76. The predicted octanol–water partition coefficient (Wildman–Crippen LogP) is 10.3. The minimum Gasteiger partial charge on any atom is -0.478 e. The number of ether oxygens (including phenoxy) is 3. The molecule has 3 amide bonds. The number of carboxylic acids is 2. The van der Waals surface area contributed by atoms with E-state index in [4.69, 9.17) is 19.3 Å². The van der Waals surface area contributed by atoms with E-state index >= 15 is 0 Å². The van der Waals surface area contributed by atoms with Crippen LogP contribution in [0.5, 0.6) is 0 Å². The number of benzene rings is 2. The summed E-state index contributed by atoms with van der Waals surface area (Å²) >= 11 is 0. The largest absolute Gasteiger partial charge is 0.478 e. The first kappa shape index (κ1) is 50.2. The van der Waals surface area contributed by atoms with Crippen LogP contribution in [0.25, 0.3) is 32.9 Å². The van der Waals surface area contributed by atoms with Gasteiger partial charge in [0.05, 0.1) is 36.2 Å². The number of nitrogens with one attached hydrogen (secondary N) is 1. The standard InChI is InChI=1S/C24H25F3N4O6.C19H17F3N4O4/c1-22(2,3)36-20(34)30(21(35)37-23(4,5)6)18-14-10-8-7-9-13(14)16(12-28-18)31-17(24(25,26)27)15(11-29-31)19(32)33;1-18(2,3)30-17(29)25-15-11-7-5-4-6-10(11)13(9-23-15)26-14(19(20,21)22)12(8-24-26)16(27)28/h7-12H,1-6H3,(H,32,33);4-9H,1-3H3,(H,27,28)(H,23,25,29). The second-order valence-electron chi connectivity index (χ2n) is 17.2. The highest BCUT2D eigenvalue weighted by Crippen LogP contribution is 2.38. The molecule has 0 aliphatic carbocycles. The van der Waals surface area contributed by atoms with Crippen LogP contribution in [0.4, 0.5) is 52.4 Å². The Kier molecular flexibility index (Phi) is 13.7. The lowest BCUT2D eigenvalue weighted by molar-refractivity contribution is -0.144. The highest BCUT2D eigenvalue weighted by atomic mass is 19.4. The fraction of sp³-hybridized carbons (Fsp3) is 0.326. The molecule has 2 aromatic carbocycles. The van der Waals surface area contributed by atoms with Crippen molar-refractivity contribution in [3.8, 4) is 11.4 Å². The molecule has 6 rings (SSSR count). The molecule has 3 N–H and O–H groups in total. The molecule has 6 aromatic rings. The van der Waals surface area contributed by atoms with Crippen LogP contribution in [0.3, 0.4) is 0 Å². The number of pyridine rings is 2. The first-order chi connectivity index (χ1) is 30.8. The summed E-state index contributed by atoms with van der Waals surface area (Å²) in [5.41, 5.74) is -8.08. The first-order valence-electron chi connectivity index (χ1n) is 19.6. The molecule has 0 radical (unpaired) electrons. The van der Waals surface area contributed by atoms with Crippen LogP contribution < -0.4 is 10.2 Å². The number of anilines is 2. The van der Waals surface area contributed by atoms with Crippen molar-refractivity contribution in [3.05, 3.63) is 95.8 Å².